The first kappa shape index (κ1) is 25.1. The van der Waals surface area contributed by atoms with E-state index < -0.39 is 6.04 Å². The van der Waals surface area contributed by atoms with Gasteiger partial charge in [0.05, 0.1) is 19.5 Å². The Hall–Kier alpha value is -3.58. The Morgan fingerprint density at radius 1 is 1.00 bits per heavy atom. The highest BCUT2D eigenvalue weighted by Crippen LogP contribution is 2.29. The smallest absolute Gasteiger partial charge is 0.290 e. The average Bonchev–Trinajstić information content (AvgIpc) is 3.65. The summed E-state index contributed by atoms with van der Waals surface area (Å²) in [6.45, 7) is 5.40. The Morgan fingerprint density at radius 3 is 2.35 bits per heavy atom. The summed E-state index contributed by atoms with van der Waals surface area (Å²) in [7, 11) is 0. The van der Waals surface area contributed by atoms with Crippen molar-refractivity contribution in [3.05, 3.63) is 89.4 Å². The quantitative estimate of drug-likeness (QED) is 0.477. The van der Waals surface area contributed by atoms with E-state index in [0.29, 0.717) is 13.2 Å². The van der Waals surface area contributed by atoms with Gasteiger partial charge in [-0.3, -0.25) is 9.59 Å². The normalized spacial score (nSPS) is 16.9. The number of anilines is 1. The number of nitrogens with one attached hydrogen (secondary N) is 1. The van der Waals surface area contributed by atoms with Crippen LogP contribution in [0.15, 0.2) is 71.3 Å². The largest absolute Gasteiger partial charge is 0.459 e. The number of amides is 2. The molecule has 1 aliphatic carbocycles. The van der Waals surface area contributed by atoms with Crippen LogP contribution < -0.4 is 10.2 Å². The molecule has 0 unspecified atom stereocenters. The van der Waals surface area contributed by atoms with Crippen LogP contribution in [0.4, 0.5) is 5.69 Å². The topological polar surface area (TPSA) is 75.0 Å². The van der Waals surface area contributed by atoms with E-state index in [9.17, 15) is 9.59 Å². The van der Waals surface area contributed by atoms with E-state index in [1.807, 2.05) is 55.5 Å². The lowest BCUT2D eigenvalue weighted by Gasteiger charge is -2.33. The molecule has 7 heteroatoms. The van der Waals surface area contributed by atoms with E-state index >= 15 is 0 Å². The van der Waals surface area contributed by atoms with Gasteiger partial charge in [-0.25, -0.2) is 0 Å². The molecule has 1 saturated heterocycles. The summed E-state index contributed by atoms with van der Waals surface area (Å²) in [5.41, 5.74) is 3.96. The molecule has 0 spiro atoms. The lowest BCUT2D eigenvalue weighted by molar-refractivity contribution is -0.126. The van der Waals surface area contributed by atoms with Crippen LogP contribution in [-0.2, 0) is 16.1 Å². The van der Waals surface area contributed by atoms with Crippen LogP contribution in [0.25, 0.3) is 0 Å². The van der Waals surface area contributed by atoms with Crippen molar-refractivity contribution in [3.63, 3.8) is 0 Å². The minimum absolute atomic E-state index is 0.141. The van der Waals surface area contributed by atoms with Crippen LogP contribution in [0.3, 0.4) is 0 Å². The number of hydrogen-bond donors (Lipinski definition) is 1. The average molecular weight is 502 g/mol. The molecule has 2 fully saturated rings. The fourth-order valence-electron chi connectivity index (χ4n) is 5.22. The van der Waals surface area contributed by atoms with Gasteiger partial charge in [-0.1, -0.05) is 54.8 Å². The zero-order chi connectivity index (χ0) is 25.6. The SMILES string of the molecule is Cc1ccc(CN(C(=O)c2ccco2)[C@@H](C(=O)NC2CCCC2)c2ccc(N3CCOCC3)cc2)cc1. The summed E-state index contributed by atoms with van der Waals surface area (Å²) in [6.07, 6.45) is 5.66. The van der Waals surface area contributed by atoms with Crippen molar-refractivity contribution in [1.29, 1.82) is 0 Å². The molecule has 1 aliphatic heterocycles. The number of nitrogens with zero attached hydrogens (tertiary/aromatic N) is 2. The van der Waals surface area contributed by atoms with Gasteiger partial charge in [0.25, 0.3) is 5.91 Å². The van der Waals surface area contributed by atoms with Gasteiger partial charge in [-0.05, 0) is 55.2 Å². The highest BCUT2D eigenvalue weighted by molar-refractivity contribution is 5.96. The zero-order valence-electron chi connectivity index (χ0n) is 21.4. The summed E-state index contributed by atoms with van der Waals surface area (Å²) in [4.78, 5) is 31.6. The van der Waals surface area contributed by atoms with Crippen molar-refractivity contribution >= 4 is 17.5 Å². The third kappa shape index (κ3) is 6.05. The number of carbonyl (C=O) groups excluding carboxylic acids is 2. The number of furan rings is 1. The predicted octanol–water partition coefficient (Wildman–Crippen LogP) is 4.87. The Kier molecular flexibility index (Phi) is 7.90. The molecule has 194 valence electrons. The van der Waals surface area contributed by atoms with E-state index in [2.05, 4.69) is 10.2 Å². The fourth-order valence-corrected chi connectivity index (χ4v) is 5.22. The van der Waals surface area contributed by atoms with Crippen molar-refractivity contribution in [2.75, 3.05) is 31.2 Å². The summed E-state index contributed by atoms with van der Waals surface area (Å²) < 4.78 is 11.0. The lowest BCUT2D eigenvalue weighted by Crippen LogP contribution is -2.45. The summed E-state index contributed by atoms with van der Waals surface area (Å²) in [5, 5.41) is 3.24. The molecular formula is C30H35N3O4. The first-order valence-corrected chi connectivity index (χ1v) is 13.2. The number of ether oxygens (including phenoxy) is 1. The second kappa shape index (κ2) is 11.6. The minimum Gasteiger partial charge on any atom is -0.459 e. The van der Waals surface area contributed by atoms with Crippen molar-refractivity contribution in [2.24, 2.45) is 0 Å². The van der Waals surface area contributed by atoms with E-state index in [-0.39, 0.29) is 30.2 Å². The minimum atomic E-state index is -0.793. The molecule has 0 radical (unpaired) electrons. The number of aryl methyl sites for hydroxylation is 1. The summed E-state index contributed by atoms with van der Waals surface area (Å²) in [6, 6.07) is 18.8. The third-order valence-electron chi connectivity index (χ3n) is 7.31. The number of carbonyl (C=O) groups is 2. The monoisotopic (exact) mass is 501 g/mol. The van der Waals surface area contributed by atoms with E-state index in [0.717, 1.165) is 61.2 Å². The number of benzene rings is 2. The molecule has 0 bridgehead atoms. The maximum absolute atomic E-state index is 13.9. The number of morpholine rings is 1. The Morgan fingerprint density at radius 2 is 1.70 bits per heavy atom. The maximum Gasteiger partial charge on any atom is 0.290 e. The molecule has 1 N–H and O–H groups in total. The van der Waals surface area contributed by atoms with Crippen LogP contribution in [0.5, 0.6) is 0 Å². The molecule has 2 amide bonds. The van der Waals surface area contributed by atoms with Gasteiger partial charge in [0.2, 0.25) is 5.91 Å². The molecule has 2 aliphatic rings. The van der Waals surface area contributed by atoms with Gasteiger partial charge >= 0.3 is 0 Å². The zero-order valence-corrected chi connectivity index (χ0v) is 21.4. The standard InChI is InChI=1S/C30H35N3O4/c1-22-8-10-23(11-9-22)21-33(30(35)27-7-4-18-37-27)28(29(34)31-25-5-2-3-6-25)24-12-14-26(15-13-24)32-16-19-36-20-17-32/h4,7-15,18,25,28H,2-3,5-6,16-17,19-21H2,1H3,(H,31,34)/t28-/m1/s1. The predicted molar refractivity (Wildman–Crippen MR) is 142 cm³/mol. The van der Waals surface area contributed by atoms with Crippen molar-refractivity contribution in [2.45, 2.75) is 51.2 Å². The molecule has 3 aromatic rings. The molecular weight excluding hydrogens is 466 g/mol. The first-order chi connectivity index (χ1) is 18.1. The molecule has 2 aromatic carbocycles. The van der Waals surface area contributed by atoms with Crippen molar-refractivity contribution in [3.8, 4) is 0 Å². The van der Waals surface area contributed by atoms with Gasteiger partial charge in [0.1, 0.15) is 6.04 Å². The van der Waals surface area contributed by atoms with E-state index in [1.54, 1.807) is 17.0 Å². The van der Waals surface area contributed by atoms with Gasteiger partial charge in [-0.2, -0.15) is 0 Å². The van der Waals surface area contributed by atoms with Crippen LogP contribution in [0.2, 0.25) is 0 Å². The fraction of sp³-hybridized carbons (Fsp3) is 0.400. The molecule has 37 heavy (non-hydrogen) atoms. The van der Waals surface area contributed by atoms with Crippen molar-refractivity contribution < 1.29 is 18.7 Å². The van der Waals surface area contributed by atoms with E-state index in [1.165, 1.54) is 6.26 Å². The second-order valence-corrected chi connectivity index (χ2v) is 9.98. The van der Waals surface area contributed by atoms with Crippen molar-refractivity contribution in [1.82, 2.24) is 10.2 Å². The third-order valence-corrected chi connectivity index (χ3v) is 7.31. The molecule has 5 rings (SSSR count). The number of rotatable bonds is 8. The van der Waals surface area contributed by atoms with Crippen LogP contribution in [0, 0.1) is 6.92 Å². The highest BCUT2D eigenvalue weighted by Gasteiger charge is 2.35. The van der Waals surface area contributed by atoms with Gasteiger partial charge in [-0.15, -0.1) is 0 Å². The number of hydrogen-bond acceptors (Lipinski definition) is 5. The Balaban J connectivity index is 1.50. The summed E-state index contributed by atoms with van der Waals surface area (Å²) >= 11 is 0. The summed E-state index contributed by atoms with van der Waals surface area (Å²) in [5.74, 6) is -0.247. The van der Waals surface area contributed by atoms with Crippen LogP contribution in [-0.4, -0.2) is 49.1 Å². The lowest BCUT2D eigenvalue weighted by atomic mass is 10.0. The Bertz CT molecular complexity index is 1160. The van der Waals surface area contributed by atoms with Crippen LogP contribution >= 0.6 is 0 Å². The first-order valence-electron chi connectivity index (χ1n) is 13.2. The molecule has 2 heterocycles. The van der Waals surface area contributed by atoms with Crippen LogP contribution in [0.1, 0.15) is 59.0 Å². The van der Waals surface area contributed by atoms with Gasteiger partial charge in [0.15, 0.2) is 5.76 Å². The second-order valence-electron chi connectivity index (χ2n) is 9.98. The maximum atomic E-state index is 13.9. The molecule has 1 aromatic heterocycles. The van der Waals surface area contributed by atoms with Gasteiger partial charge < -0.3 is 24.3 Å². The molecule has 7 nitrogen and oxygen atoms in total. The van der Waals surface area contributed by atoms with E-state index in [4.69, 9.17) is 9.15 Å². The molecule has 1 atom stereocenters. The molecule has 1 saturated carbocycles. The van der Waals surface area contributed by atoms with Gasteiger partial charge in [0, 0.05) is 31.4 Å². The Labute approximate surface area is 218 Å². The highest BCUT2D eigenvalue weighted by atomic mass is 16.5.